The van der Waals surface area contributed by atoms with Gasteiger partial charge < -0.3 is 4.74 Å². The largest absolute Gasteiger partial charge is 0.468 e. The van der Waals surface area contributed by atoms with Gasteiger partial charge in [-0.2, -0.15) is 0 Å². The molecule has 0 N–H and O–H groups in total. The minimum atomic E-state index is -0.285. The van der Waals surface area contributed by atoms with Crippen molar-refractivity contribution in [3.8, 4) is 0 Å². The van der Waals surface area contributed by atoms with Crippen molar-refractivity contribution in [3.63, 3.8) is 0 Å². The number of fused-ring (bicyclic) bond motifs is 2. The highest BCUT2D eigenvalue weighted by Gasteiger charge is 2.59. The summed E-state index contributed by atoms with van der Waals surface area (Å²) in [5.41, 5.74) is 2.92. The highest BCUT2D eigenvalue weighted by atomic mass is 16.5. The molecule has 17 heavy (non-hydrogen) atoms. The second-order valence-corrected chi connectivity index (χ2v) is 6.70. The summed E-state index contributed by atoms with van der Waals surface area (Å²) in [5, 5.41) is 0. The molecule has 0 aliphatic heterocycles. The van der Waals surface area contributed by atoms with Crippen LogP contribution in [0, 0.1) is 29.1 Å². The number of ether oxygens (including phenoxy) is 1. The van der Waals surface area contributed by atoms with Crippen LogP contribution in [0.25, 0.3) is 0 Å². The third-order valence-corrected chi connectivity index (χ3v) is 6.17. The molecule has 92 valence electrons. The van der Waals surface area contributed by atoms with E-state index in [0.29, 0.717) is 0 Å². The number of hydrogen-bond acceptors (Lipinski definition) is 2. The molecule has 2 fully saturated rings. The monoisotopic (exact) mass is 232 g/mol. The van der Waals surface area contributed by atoms with Gasteiger partial charge in [-0.1, -0.05) is 11.1 Å². The van der Waals surface area contributed by atoms with Gasteiger partial charge in [-0.3, -0.25) is 4.79 Å². The van der Waals surface area contributed by atoms with Crippen LogP contribution in [-0.4, -0.2) is 13.1 Å². The van der Waals surface area contributed by atoms with Crippen molar-refractivity contribution >= 4 is 5.97 Å². The molecule has 0 aromatic heterocycles. The number of esters is 1. The molecule has 0 radical (unpaired) electrons. The van der Waals surface area contributed by atoms with Crippen molar-refractivity contribution in [2.24, 2.45) is 29.1 Å². The van der Waals surface area contributed by atoms with Crippen LogP contribution in [0.2, 0.25) is 0 Å². The first kappa shape index (κ1) is 10.2. The lowest BCUT2D eigenvalue weighted by atomic mass is 9.67. The van der Waals surface area contributed by atoms with Crippen molar-refractivity contribution in [2.75, 3.05) is 7.11 Å². The van der Waals surface area contributed by atoms with Gasteiger partial charge >= 0.3 is 5.97 Å². The fraction of sp³-hybridized carbons (Fsp3) is 0.800. The second kappa shape index (κ2) is 2.96. The fourth-order valence-electron chi connectivity index (χ4n) is 5.44. The molecule has 0 heterocycles. The first-order valence-electron chi connectivity index (χ1n) is 6.97. The SMILES string of the molecule is COC(=O)C1(C)CCC2C3=C1CC1CC2CC31. The molecule has 0 aromatic carbocycles. The summed E-state index contributed by atoms with van der Waals surface area (Å²) in [5.74, 6) is 3.53. The first-order valence-corrected chi connectivity index (χ1v) is 6.97. The lowest BCUT2D eigenvalue weighted by molar-refractivity contribution is -0.150. The van der Waals surface area contributed by atoms with E-state index in [-0.39, 0.29) is 11.4 Å². The van der Waals surface area contributed by atoms with E-state index in [1.54, 1.807) is 5.57 Å². The lowest BCUT2D eigenvalue weighted by Gasteiger charge is -2.37. The highest BCUT2D eigenvalue weighted by Crippen LogP contribution is 2.68. The second-order valence-electron chi connectivity index (χ2n) is 6.70. The maximum absolute atomic E-state index is 12.1. The Morgan fingerprint density at radius 2 is 2.12 bits per heavy atom. The molecule has 5 unspecified atom stereocenters. The average molecular weight is 232 g/mol. The van der Waals surface area contributed by atoms with Gasteiger partial charge in [-0.25, -0.2) is 0 Å². The Kier molecular flexibility index (Phi) is 1.77. The number of carbonyl (C=O) groups excluding carboxylic acids is 1. The van der Waals surface area contributed by atoms with Gasteiger partial charge in [0.25, 0.3) is 0 Å². The molecule has 4 rings (SSSR count). The zero-order chi connectivity index (χ0) is 11.8. The molecular formula is C15H20O2. The van der Waals surface area contributed by atoms with Gasteiger partial charge in [-0.05, 0) is 62.7 Å². The molecule has 2 saturated carbocycles. The maximum Gasteiger partial charge on any atom is 0.315 e. The summed E-state index contributed by atoms with van der Waals surface area (Å²) < 4.78 is 5.07. The molecule has 2 heteroatoms. The van der Waals surface area contributed by atoms with Gasteiger partial charge in [-0.15, -0.1) is 0 Å². The zero-order valence-corrected chi connectivity index (χ0v) is 10.7. The smallest absolute Gasteiger partial charge is 0.315 e. The molecule has 5 atom stereocenters. The Morgan fingerprint density at radius 1 is 1.29 bits per heavy atom. The number of rotatable bonds is 1. The van der Waals surface area contributed by atoms with Crippen LogP contribution >= 0.6 is 0 Å². The highest BCUT2D eigenvalue weighted by molar-refractivity contribution is 5.81. The predicted octanol–water partition coefficient (Wildman–Crippen LogP) is 2.93. The van der Waals surface area contributed by atoms with Crippen molar-refractivity contribution in [2.45, 2.75) is 39.0 Å². The van der Waals surface area contributed by atoms with Crippen LogP contribution in [-0.2, 0) is 9.53 Å². The van der Waals surface area contributed by atoms with Crippen molar-refractivity contribution in [1.29, 1.82) is 0 Å². The number of hydrogen-bond donors (Lipinski definition) is 0. The quantitative estimate of drug-likeness (QED) is 0.513. The molecule has 0 spiro atoms. The van der Waals surface area contributed by atoms with E-state index in [1.165, 1.54) is 38.4 Å². The van der Waals surface area contributed by atoms with Gasteiger partial charge in [0.05, 0.1) is 12.5 Å². The third-order valence-electron chi connectivity index (χ3n) is 6.17. The molecule has 0 aromatic rings. The third kappa shape index (κ3) is 1.01. The van der Waals surface area contributed by atoms with E-state index in [2.05, 4.69) is 6.92 Å². The van der Waals surface area contributed by atoms with E-state index in [9.17, 15) is 4.79 Å². The summed E-state index contributed by atoms with van der Waals surface area (Å²) in [7, 11) is 1.53. The van der Waals surface area contributed by atoms with E-state index in [4.69, 9.17) is 4.74 Å². The zero-order valence-electron chi connectivity index (χ0n) is 10.7. The van der Waals surface area contributed by atoms with E-state index < -0.39 is 0 Å². The van der Waals surface area contributed by atoms with Crippen molar-refractivity contribution < 1.29 is 9.53 Å². The summed E-state index contributed by atoms with van der Waals surface area (Å²) in [6, 6.07) is 0. The molecular weight excluding hydrogens is 212 g/mol. The number of carbonyl (C=O) groups is 1. The van der Waals surface area contributed by atoms with E-state index >= 15 is 0 Å². The Labute approximate surface area is 102 Å². The predicted molar refractivity (Wildman–Crippen MR) is 64.2 cm³/mol. The Bertz CT molecular complexity index is 436. The van der Waals surface area contributed by atoms with E-state index in [0.717, 1.165) is 30.1 Å². The van der Waals surface area contributed by atoms with Gasteiger partial charge in [0.1, 0.15) is 0 Å². The Balaban J connectivity index is 1.84. The summed E-state index contributed by atoms with van der Waals surface area (Å²) in [4.78, 5) is 12.1. The van der Waals surface area contributed by atoms with Crippen molar-refractivity contribution in [1.82, 2.24) is 0 Å². The van der Waals surface area contributed by atoms with Gasteiger partial charge in [0.2, 0.25) is 0 Å². The summed E-state index contributed by atoms with van der Waals surface area (Å²) in [6.07, 6.45) is 6.28. The normalized spacial score (nSPS) is 50.0. The molecule has 2 nitrogen and oxygen atoms in total. The van der Waals surface area contributed by atoms with Gasteiger partial charge in [0.15, 0.2) is 0 Å². The van der Waals surface area contributed by atoms with Crippen molar-refractivity contribution in [3.05, 3.63) is 11.1 Å². The van der Waals surface area contributed by atoms with Crippen LogP contribution < -0.4 is 0 Å². The average Bonchev–Trinajstić information content (AvgIpc) is 2.94. The van der Waals surface area contributed by atoms with Crippen LogP contribution in [0.1, 0.15) is 39.0 Å². The Morgan fingerprint density at radius 3 is 2.88 bits per heavy atom. The molecule has 2 bridgehead atoms. The maximum atomic E-state index is 12.1. The van der Waals surface area contributed by atoms with Crippen LogP contribution in [0.4, 0.5) is 0 Å². The van der Waals surface area contributed by atoms with E-state index in [1.807, 2.05) is 0 Å². The first-order chi connectivity index (χ1) is 8.15. The van der Waals surface area contributed by atoms with Crippen LogP contribution in [0.5, 0.6) is 0 Å². The van der Waals surface area contributed by atoms with Gasteiger partial charge in [0, 0.05) is 0 Å². The lowest BCUT2D eigenvalue weighted by Crippen LogP contribution is -2.35. The van der Waals surface area contributed by atoms with Crippen LogP contribution in [0.15, 0.2) is 11.1 Å². The topological polar surface area (TPSA) is 26.3 Å². The number of methoxy groups -OCH3 is 1. The van der Waals surface area contributed by atoms with Crippen LogP contribution in [0.3, 0.4) is 0 Å². The molecule has 4 aliphatic carbocycles. The molecule has 0 amide bonds. The minimum Gasteiger partial charge on any atom is -0.468 e. The fourth-order valence-corrected chi connectivity index (χ4v) is 5.44. The Hall–Kier alpha value is -0.790. The summed E-state index contributed by atoms with van der Waals surface area (Å²) in [6.45, 7) is 2.12. The summed E-state index contributed by atoms with van der Waals surface area (Å²) >= 11 is 0. The minimum absolute atomic E-state index is 0.00296. The molecule has 0 saturated heterocycles. The molecule has 4 aliphatic rings. The standard InChI is InChI=1S/C15H20O2/c1-15(14(16)17-2)4-3-10-8-5-9-7-12(15)13(10)11(9)6-8/h8-11H,3-7H2,1-2H3. The number of allylic oxidation sites excluding steroid dienone is 1.